The largest absolute Gasteiger partial charge is 0.383 e. The molecule has 0 aromatic carbocycles. The van der Waals surface area contributed by atoms with Crippen molar-refractivity contribution in [3.8, 4) is 0 Å². The highest BCUT2D eigenvalue weighted by Crippen LogP contribution is 2.40. The van der Waals surface area contributed by atoms with Crippen molar-refractivity contribution in [3.63, 3.8) is 0 Å². The Morgan fingerprint density at radius 3 is 3.04 bits per heavy atom. The molecule has 8 nitrogen and oxygen atoms in total. The molecule has 0 bridgehead atoms. The van der Waals surface area contributed by atoms with Gasteiger partial charge in [0.2, 0.25) is 11.8 Å². The maximum absolute atomic E-state index is 12.9. The highest BCUT2D eigenvalue weighted by atomic mass is 16.5. The Labute approximate surface area is 152 Å². The average Bonchev–Trinajstić information content (AvgIpc) is 3.28. The number of aromatic nitrogens is 2. The predicted molar refractivity (Wildman–Crippen MR) is 92.3 cm³/mol. The first-order chi connectivity index (χ1) is 12.6. The number of hydrogen-bond donors (Lipinski definition) is 1. The number of piperidine rings is 1. The third-order valence-corrected chi connectivity index (χ3v) is 5.94. The molecule has 3 aliphatic rings. The molecule has 0 saturated carbocycles. The molecule has 4 heterocycles. The Hall–Kier alpha value is -1.93. The van der Waals surface area contributed by atoms with Crippen LogP contribution in [0, 0.1) is 5.92 Å². The molecule has 1 atom stereocenters. The zero-order chi connectivity index (χ0) is 18.1. The Bertz CT molecular complexity index is 680. The van der Waals surface area contributed by atoms with Crippen LogP contribution in [-0.4, -0.2) is 78.3 Å². The molecular formula is C18H26N4O4. The summed E-state index contributed by atoms with van der Waals surface area (Å²) in [6.45, 7) is 3.57. The summed E-state index contributed by atoms with van der Waals surface area (Å²) in [5.41, 5.74) is 1.97. The predicted octanol–water partition coefficient (Wildman–Crippen LogP) is 0.295. The number of likely N-dealkylation sites (tertiary alicyclic amines) is 2. The summed E-state index contributed by atoms with van der Waals surface area (Å²) in [7, 11) is 1.62. The smallest absolute Gasteiger partial charge is 0.227 e. The fraction of sp³-hybridized carbons (Fsp3) is 0.722. The normalized spacial score (nSPS) is 25.0. The summed E-state index contributed by atoms with van der Waals surface area (Å²) in [5.74, 6) is -0.0937. The number of carbonyl (C=O) groups excluding carboxylic acids is 2. The Morgan fingerprint density at radius 2 is 2.27 bits per heavy atom. The minimum Gasteiger partial charge on any atom is -0.383 e. The van der Waals surface area contributed by atoms with Crippen LogP contribution in [0.25, 0.3) is 0 Å². The highest BCUT2D eigenvalue weighted by Gasteiger charge is 2.44. The van der Waals surface area contributed by atoms with E-state index in [9.17, 15) is 9.59 Å². The zero-order valence-electron chi connectivity index (χ0n) is 15.2. The number of hydrogen-bond acceptors (Lipinski definition) is 5. The fourth-order valence-electron chi connectivity index (χ4n) is 4.42. The summed E-state index contributed by atoms with van der Waals surface area (Å²) in [4.78, 5) is 28.6. The van der Waals surface area contributed by atoms with Gasteiger partial charge >= 0.3 is 0 Å². The Kier molecular flexibility index (Phi) is 4.71. The van der Waals surface area contributed by atoms with E-state index in [4.69, 9.17) is 9.47 Å². The molecule has 2 amide bonds. The van der Waals surface area contributed by atoms with Gasteiger partial charge in [0.25, 0.3) is 0 Å². The van der Waals surface area contributed by atoms with Crippen molar-refractivity contribution >= 4 is 11.8 Å². The molecule has 26 heavy (non-hydrogen) atoms. The number of H-pyrrole nitrogens is 1. The van der Waals surface area contributed by atoms with Crippen molar-refractivity contribution in [1.82, 2.24) is 20.0 Å². The second-order valence-corrected chi connectivity index (χ2v) is 7.42. The van der Waals surface area contributed by atoms with Crippen LogP contribution < -0.4 is 0 Å². The van der Waals surface area contributed by atoms with Gasteiger partial charge in [-0.3, -0.25) is 14.7 Å². The van der Waals surface area contributed by atoms with Crippen LogP contribution in [0.15, 0.2) is 6.20 Å². The summed E-state index contributed by atoms with van der Waals surface area (Å²) < 4.78 is 11.2. The number of ether oxygens (including phenoxy) is 2. The van der Waals surface area contributed by atoms with Gasteiger partial charge in [0.15, 0.2) is 0 Å². The molecule has 2 saturated heterocycles. The number of nitrogens with zero attached hydrogens (tertiary/aromatic N) is 3. The van der Waals surface area contributed by atoms with E-state index < -0.39 is 0 Å². The van der Waals surface area contributed by atoms with E-state index in [0.29, 0.717) is 45.8 Å². The number of methoxy groups -OCH3 is 1. The van der Waals surface area contributed by atoms with E-state index in [1.54, 1.807) is 12.0 Å². The lowest BCUT2D eigenvalue weighted by atomic mass is 9.83. The van der Waals surface area contributed by atoms with E-state index in [-0.39, 0.29) is 23.3 Å². The van der Waals surface area contributed by atoms with Crippen molar-refractivity contribution < 1.29 is 19.1 Å². The standard InChI is InChI=1S/C18H26N4O4/c1-25-9-7-22-12-14(10-15(22)23)17(24)21-5-3-18(4-6-21)16-13(2-8-26-18)11-19-20-16/h11,14H,2-10,12H2,1H3,(H,19,20). The number of fused-ring (bicyclic) bond motifs is 2. The molecule has 2 fully saturated rings. The average molecular weight is 362 g/mol. The number of aromatic amines is 1. The summed E-state index contributed by atoms with van der Waals surface area (Å²) in [5, 5.41) is 7.28. The van der Waals surface area contributed by atoms with Crippen LogP contribution in [0.5, 0.6) is 0 Å². The van der Waals surface area contributed by atoms with E-state index >= 15 is 0 Å². The lowest BCUT2D eigenvalue weighted by Crippen LogP contribution is -2.50. The van der Waals surface area contributed by atoms with Crippen molar-refractivity contribution in [1.29, 1.82) is 0 Å². The molecule has 1 N–H and O–H groups in total. The van der Waals surface area contributed by atoms with Gasteiger partial charge in [0, 0.05) is 39.7 Å². The first-order valence-electron chi connectivity index (χ1n) is 9.35. The van der Waals surface area contributed by atoms with E-state index in [1.165, 1.54) is 5.56 Å². The fourth-order valence-corrected chi connectivity index (χ4v) is 4.42. The van der Waals surface area contributed by atoms with E-state index in [1.807, 2.05) is 11.1 Å². The van der Waals surface area contributed by atoms with Gasteiger partial charge in [-0.2, -0.15) is 5.10 Å². The molecule has 1 aromatic heterocycles. The number of rotatable bonds is 4. The molecule has 1 aromatic rings. The third-order valence-electron chi connectivity index (χ3n) is 5.94. The van der Waals surface area contributed by atoms with Crippen molar-refractivity contribution in [2.24, 2.45) is 5.92 Å². The quantitative estimate of drug-likeness (QED) is 0.832. The topological polar surface area (TPSA) is 87.8 Å². The minimum atomic E-state index is -0.336. The maximum Gasteiger partial charge on any atom is 0.227 e. The maximum atomic E-state index is 12.9. The molecule has 142 valence electrons. The molecule has 8 heteroatoms. The number of nitrogens with one attached hydrogen (secondary N) is 1. The summed E-state index contributed by atoms with van der Waals surface area (Å²) in [6.07, 6.45) is 4.61. The first kappa shape index (κ1) is 17.5. The van der Waals surface area contributed by atoms with Crippen LogP contribution in [0.4, 0.5) is 0 Å². The molecule has 1 unspecified atom stereocenters. The van der Waals surface area contributed by atoms with Gasteiger partial charge in [0.05, 0.1) is 31.0 Å². The Balaban J connectivity index is 1.37. The second-order valence-electron chi connectivity index (χ2n) is 7.42. The van der Waals surface area contributed by atoms with Crippen molar-refractivity contribution in [2.45, 2.75) is 31.3 Å². The van der Waals surface area contributed by atoms with E-state index in [0.717, 1.165) is 25.0 Å². The van der Waals surface area contributed by atoms with E-state index in [2.05, 4.69) is 10.2 Å². The van der Waals surface area contributed by atoms with Gasteiger partial charge < -0.3 is 19.3 Å². The second kappa shape index (κ2) is 7.00. The van der Waals surface area contributed by atoms with Gasteiger partial charge in [-0.05, 0) is 24.8 Å². The first-order valence-corrected chi connectivity index (χ1v) is 9.35. The van der Waals surface area contributed by atoms with Gasteiger partial charge in [-0.15, -0.1) is 0 Å². The summed E-state index contributed by atoms with van der Waals surface area (Å²) in [6, 6.07) is 0. The molecule has 0 radical (unpaired) electrons. The number of amides is 2. The van der Waals surface area contributed by atoms with Gasteiger partial charge in [-0.1, -0.05) is 0 Å². The molecular weight excluding hydrogens is 336 g/mol. The Morgan fingerprint density at radius 1 is 1.46 bits per heavy atom. The van der Waals surface area contributed by atoms with Gasteiger partial charge in [-0.25, -0.2) is 0 Å². The van der Waals surface area contributed by atoms with Crippen molar-refractivity contribution in [3.05, 3.63) is 17.5 Å². The highest BCUT2D eigenvalue weighted by molar-refractivity contribution is 5.89. The van der Waals surface area contributed by atoms with Crippen LogP contribution in [0.2, 0.25) is 0 Å². The van der Waals surface area contributed by atoms with Crippen LogP contribution >= 0.6 is 0 Å². The number of carbonyl (C=O) groups is 2. The molecule has 0 aliphatic carbocycles. The van der Waals surface area contributed by atoms with Crippen LogP contribution in [0.3, 0.4) is 0 Å². The third kappa shape index (κ3) is 3.01. The SMILES string of the molecule is COCCN1CC(C(=O)N2CCC3(CC2)OCCc2cn[nH]c23)CC1=O. The van der Waals surface area contributed by atoms with Crippen molar-refractivity contribution in [2.75, 3.05) is 46.5 Å². The van der Waals surface area contributed by atoms with Crippen LogP contribution in [-0.2, 0) is 31.1 Å². The molecule has 1 spiro atoms. The molecule has 4 rings (SSSR count). The zero-order valence-corrected chi connectivity index (χ0v) is 15.2. The monoisotopic (exact) mass is 362 g/mol. The lowest BCUT2D eigenvalue weighted by Gasteiger charge is -2.43. The minimum absolute atomic E-state index is 0.0478. The van der Waals surface area contributed by atoms with Gasteiger partial charge in [0.1, 0.15) is 5.60 Å². The lowest BCUT2D eigenvalue weighted by molar-refractivity contribution is -0.145. The molecule has 3 aliphatic heterocycles. The summed E-state index contributed by atoms with van der Waals surface area (Å²) >= 11 is 0. The van der Waals surface area contributed by atoms with Crippen LogP contribution in [0.1, 0.15) is 30.5 Å².